The molecule has 0 aromatic heterocycles. The van der Waals surface area contributed by atoms with Crippen molar-refractivity contribution in [2.45, 2.75) is 76.5 Å². The summed E-state index contributed by atoms with van der Waals surface area (Å²) >= 11 is 0. The Hall–Kier alpha value is -0.690. The van der Waals surface area contributed by atoms with E-state index in [2.05, 4.69) is 29.4 Å². The SMILES string of the molecule is COC1CCC2CN(C3NC(C)CC(C)N3)C(C(=O)O)CC2C1. The van der Waals surface area contributed by atoms with E-state index in [1.54, 1.807) is 7.11 Å². The Labute approximate surface area is 138 Å². The molecule has 2 heterocycles. The van der Waals surface area contributed by atoms with Crippen molar-refractivity contribution >= 4 is 5.97 Å². The molecule has 1 aliphatic carbocycles. The lowest BCUT2D eigenvalue weighted by Crippen LogP contribution is -2.69. The van der Waals surface area contributed by atoms with Crippen LogP contribution in [0, 0.1) is 11.8 Å². The molecule has 1 saturated carbocycles. The van der Waals surface area contributed by atoms with Gasteiger partial charge in [0, 0.05) is 25.7 Å². The van der Waals surface area contributed by atoms with Crippen molar-refractivity contribution < 1.29 is 14.6 Å². The number of piperidine rings is 1. The van der Waals surface area contributed by atoms with Crippen LogP contribution in [0.2, 0.25) is 0 Å². The number of carboxylic acids is 1. The molecular weight excluding hydrogens is 294 g/mol. The van der Waals surface area contributed by atoms with Gasteiger partial charge in [0.2, 0.25) is 0 Å². The average molecular weight is 325 g/mol. The normalized spacial score (nSPS) is 45.4. The number of rotatable bonds is 3. The van der Waals surface area contributed by atoms with Crippen LogP contribution in [0.25, 0.3) is 0 Å². The summed E-state index contributed by atoms with van der Waals surface area (Å²) < 4.78 is 5.52. The van der Waals surface area contributed by atoms with Crippen LogP contribution in [-0.4, -0.2) is 60.1 Å². The van der Waals surface area contributed by atoms with Gasteiger partial charge in [0.1, 0.15) is 12.3 Å². The standard InChI is InChI=1S/C17H31N3O3/c1-10-6-11(2)19-17(18-10)20-9-12-4-5-14(23-3)7-13(12)8-15(20)16(21)22/h10-15,17-19H,4-9H2,1-3H3,(H,21,22). The van der Waals surface area contributed by atoms with Crippen molar-refractivity contribution in [3.8, 4) is 0 Å². The minimum absolute atomic E-state index is 0.0315. The van der Waals surface area contributed by atoms with Gasteiger partial charge in [-0.3, -0.25) is 20.3 Å². The summed E-state index contributed by atoms with van der Waals surface area (Å²) in [5, 5.41) is 16.8. The van der Waals surface area contributed by atoms with Crippen molar-refractivity contribution in [1.82, 2.24) is 15.5 Å². The Bertz CT molecular complexity index is 423. The molecule has 0 amide bonds. The van der Waals surface area contributed by atoms with Gasteiger partial charge >= 0.3 is 5.97 Å². The molecule has 0 spiro atoms. The summed E-state index contributed by atoms with van der Waals surface area (Å²) in [7, 11) is 1.77. The van der Waals surface area contributed by atoms with Crippen LogP contribution < -0.4 is 10.6 Å². The fraction of sp³-hybridized carbons (Fsp3) is 0.941. The van der Waals surface area contributed by atoms with Crippen LogP contribution in [0.1, 0.15) is 46.0 Å². The third-order valence-electron chi connectivity index (χ3n) is 6.01. The molecule has 0 aromatic rings. The number of hydrogen-bond donors (Lipinski definition) is 3. The highest BCUT2D eigenvalue weighted by Crippen LogP contribution is 2.40. The van der Waals surface area contributed by atoms with Gasteiger partial charge in [-0.15, -0.1) is 0 Å². The topological polar surface area (TPSA) is 73.8 Å². The Morgan fingerprint density at radius 3 is 2.39 bits per heavy atom. The zero-order valence-electron chi connectivity index (χ0n) is 14.5. The zero-order chi connectivity index (χ0) is 16.6. The van der Waals surface area contributed by atoms with Crippen molar-refractivity contribution in [3.05, 3.63) is 0 Å². The quantitative estimate of drug-likeness (QED) is 0.724. The summed E-state index contributed by atoms with van der Waals surface area (Å²) in [6.45, 7) is 5.22. The number of hydrogen-bond acceptors (Lipinski definition) is 5. The summed E-state index contributed by atoms with van der Waals surface area (Å²) in [5.74, 6) is 0.370. The number of nitrogens with zero attached hydrogens (tertiary/aromatic N) is 1. The van der Waals surface area contributed by atoms with E-state index in [0.29, 0.717) is 30.0 Å². The molecule has 2 aliphatic heterocycles. The number of aliphatic carboxylic acids is 1. The number of ether oxygens (including phenoxy) is 1. The Kier molecular flexibility index (Phi) is 5.26. The average Bonchev–Trinajstić information content (AvgIpc) is 2.52. The maximum atomic E-state index is 11.9. The number of fused-ring (bicyclic) bond motifs is 1. The van der Waals surface area contributed by atoms with Gasteiger partial charge in [0.25, 0.3) is 0 Å². The second kappa shape index (κ2) is 7.05. The monoisotopic (exact) mass is 325 g/mol. The lowest BCUT2D eigenvalue weighted by Gasteiger charge is -2.51. The first-order chi connectivity index (χ1) is 11.0. The minimum atomic E-state index is -0.697. The molecule has 6 nitrogen and oxygen atoms in total. The highest BCUT2D eigenvalue weighted by molar-refractivity contribution is 5.73. The molecule has 2 saturated heterocycles. The van der Waals surface area contributed by atoms with Crippen molar-refractivity contribution in [2.75, 3.05) is 13.7 Å². The van der Waals surface area contributed by atoms with Crippen LogP contribution >= 0.6 is 0 Å². The first-order valence-corrected chi connectivity index (χ1v) is 9.01. The van der Waals surface area contributed by atoms with E-state index in [4.69, 9.17) is 4.74 Å². The minimum Gasteiger partial charge on any atom is -0.480 e. The third kappa shape index (κ3) is 3.71. The predicted molar refractivity (Wildman–Crippen MR) is 88.0 cm³/mol. The molecule has 0 aromatic carbocycles. The first kappa shape index (κ1) is 17.1. The van der Waals surface area contributed by atoms with Crippen molar-refractivity contribution in [2.24, 2.45) is 11.8 Å². The van der Waals surface area contributed by atoms with Crippen molar-refractivity contribution in [1.29, 1.82) is 0 Å². The van der Waals surface area contributed by atoms with Gasteiger partial charge in [0.05, 0.1) is 6.10 Å². The summed E-state index contributed by atoms with van der Waals surface area (Å²) in [6, 6.07) is 0.412. The van der Waals surface area contributed by atoms with E-state index in [-0.39, 0.29) is 6.29 Å². The second-order valence-corrected chi connectivity index (χ2v) is 7.75. The van der Waals surface area contributed by atoms with E-state index in [1.165, 1.54) is 0 Å². The van der Waals surface area contributed by atoms with Gasteiger partial charge in [-0.25, -0.2) is 0 Å². The lowest BCUT2D eigenvalue weighted by molar-refractivity contribution is -0.152. The maximum absolute atomic E-state index is 11.9. The van der Waals surface area contributed by atoms with E-state index in [0.717, 1.165) is 38.6 Å². The van der Waals surface area contributed by atoms with E-state index >= 15 is 0 Å². The van der Waals surface area contributed by atoms with Crippen LogP contribution in [0.5, 0.6) is 0 Å². The van der Waals surface area contributed by atoms with Crippen LogP contribution in [0.15, 0.2) is 0 Å². The summed E-state index contributed by atoms with van der Waals surface area (Å²) in [4.78, 5) is 14.0. The van der Waals surface area contributed by atoms with E-state index in [9.17, 15) is 9.90 Å². The molecule has 3 N–H and O–H groups in total. The molecule has 132 valence electrons. The Morgan fingerprint density at radius 2 is 1.78 bits per heavy atom. The molecule has 6 heteroatoms. The lowest BCUT2D eigenvalue weighted by atomic mass is 9.72. The van der Waals surface area contributed by atoms with Gasteiger partial charge in [-0.1, -0.05) is 0 Å². The highest BCUT2D eigenvalue weighted by Gasteiger charge is 2.45. The molecule has 3 rings (SSSR count). The fourth-order valence-corrected chi connectivity index (χ4v) is 4.82. The van der Waals surface area contributed by atoms with Gasteiger partial charge < -0.3 is 9.84 Å². The molecule has 0 bridgehead atoms. The number of nitrogens with one attached hydrogen (secondary N) is 2. The Balaban J connectivity index is 1.73. The largest absolute Gasteiger partial charge is 0.480 e. The smallest absolute Gasteiger partial charge is 0.321 e. The molecule has 23 heavy (non-hydrogen) atoms. The van der Waals surface area contributed by atoms with Crippen LogP contribution in [-0.2, 0) is 9.53 Å². The molecular formula is C17H31N3O3. The number of likely N-dealkylation sites (tertiary alicyclic amines) is 1. The summed E-state index contributed by atoms with van der Waals surface area (Å²) in [6.07, 6.45) is 5.34. The molecule has 0 radical (unpaired) electrons. The first-order valence-electron chi connectivity index (χ1n) is 9.01. The van der Waals surface area contributed by atoms with Crippen molar-refractivity contribution in [3.63, 3.8) is 0 Å². The van der Waals surface area contributed by atoms with Crippen LogP contribution in [0.4, 0.5) is 0 Å². The number of carboxylic acid groups (broad SMARTS) is 1. The van der Waals surface area contributed by atoms with Gasteiger partial charge in [-0.05, 0) is 57.8 Å². The number of methoxy groups -OCH3 is 1. The predicted octanol–water partition coefficient (Wildman–Crippen LogP) is 1.22. The van der Waals surface area contributed by atoms with Gasteiger partial charge in [0.15, 0.2) is 0 Å². The van der Waals surface area contributed by atoms with Gasteiger partial charge in [-0.2, -0.15) is 0 Å². The maximum Gasteiger partial charge on any atom is 0.321 e. The second-order valence-electron chi connectivity index (χ2n) is 7.75. The van der Waals surface area contributed by atoms with E-state index in [1.807, 2.05) is 0 Å². The fourth-order valence-electron chi connectivity index (χ4n) is 4.82. The molecule has 6 atom stereocenters. The third-order valence-corrected chi connectivity index (χ3v) is 6.01. The molecule has 3 fully saturated rings. The number of carbonyl (C=O) groups is 1. The summed E-state index contributed by atoms with van der Waals surface area (Å²) in [5.41, 5.74) is 0. The Morgan fingerprint density at radius 1 is 1.09 bits per heavy atom. The van der Waals surface area contributed by atoms with Crippen LogP contribution in [0.3, 0.4) is 0 Å². The highest BCUT2D eigenvalue weighted by atomic mass is 16.5. The zero-order valence-corrected chi connectivity index (χ0v) is 14.5. The molecule has 6 unspecified atom stereocenters. The molecule has 3 aliphatic rings. The van der Waals surface area contributed by atoms with E-state index < -0.39 is 12.0 Å².